The highest BCUT2D eigenvalue weighted by molar-refractivity contribution is 7.99. The lowest BCUT2D eigenvalue weighted by molar-refractivity contribution is -0.113. The molecule has 9 heteroatoms. The number of hydrogen-bond donors (Lipinski definition) is 2. The molecule has 0 spiro atoms. The van der Waals surface area contributed by atoms with Crippen LogP contribution in [0.1, 0.15) is 12.7 Å². The number of benzene rings is 3. The van der Waals surface area contributed by atoms with Crippen molar-refractivity contribution >= 4 is 40.6 Å². The summed E-state index contributed by atoms with van der Waals surface area (Å²) in [5, 5.41) is 16.2. The van der Waals surface area contributed by atoms with Crippen LogP contribution in [0, 0.1) is 0 Å². The third-order valence-corrected chi connectivity index (χ3v) is 5.94. The molecule has 0 aliphatic heterocycles. The van der Waals surface area contributed by atoms with Gasteiger partial charge in [0.2, 0.25) is 5.91 Å². The zero-order chi connectivity index (χ0) is 23.8. The van der Waals surface area contributed by atoms with Gasteiger partial charge in [-0.1, -0.05) is 47.6 Å². The molecule has 0 aliphatic carbocycles. The summed E-state index contributed by atoms with van der Waals surface area (Å²) in [5.41, 5.74) is 2.52. The van der Waals surface area contributed by atoms with Crippen LogP contribution in [0.3, 0.4) is 0 Å². The van der Waals surface area contributed by atoms with Crippen LogP contribution in [0.5, 0.6) is 5.75 Å². The number of nitrogens with one attached hydrogen (secondary N) is 2. The Hall–Kier alpha value is -3.49. The lowest BCUT2D eigenvalue weighted by Gasteiger charge is -2.12. The van der Waals surface area contributed by atoms with Gasteiger partial charge in [0.15, 0.2) is 11.0 Å². The summed E-state index contributed by atoms with van der Waals surface area (Å²) in [6, 6.07) is 24.6. The van der Waals surface area contributed by atoms with E-state index in [1.165, 1.54) is 11.8 Å². The van der Waals surface area contributed by atoms with Crippen molar-refractivity contribution in [2.24, 2.45) is 0 Å². The summed E-state index contributed by atoms with van der Waals surface area (Å²) < 4.78 is 7.39. The smallest absolute Gasteiger partial charge is 0.234 e. The molecule has 0 bridgehead atoms. The molecule has 0 radical (unpaired) electrons. The van der Waals surface area contributed by atoms with Gasteiger partial charge in [0.25, 0.3) is 0 Å². The van der Waals surface area contributed by atoms with Crippen LogP contribution in [0.25, 0.3) is 5.69 Å². The number of halogens is 1. The maximum Gasteiger partial charge on any atom is 0.234 e. The number of nitrogens with zero attached hydrogens (tertiary/aromatic N) is 3. The number of anilines is 2. The number of carbonyl (C=O) groups excluding carboxylic acids is 1. The molecule has 1 heterocycles. The highest BCUT2D eigenvalue weighted by atomic mass is 35.5. The van der Waals surface area contributed by atoms with Gasteiger partial charge in [0.1, 0.15) is 5.75 Å². The molecule has 3 aromatic carbocycles. The highest BCUT2D eigenvalue weighted by Crippen LogP contribution is 2.24. The van der Waals surface area contributed by atoms with E-state index in [0.717, 1.165) is 22.9 Å². The molecule has 4 aromatic rings. The van der Waals surface area contributed by atoms with Gasteiger partial charge < -0.3 is 15.4 Å². The lowest BCUT2D eigenvalue weighted by atomic mass is 10.3. The number of ether oxygens (including phenoxy) is 1. The van der Waals surface area contributed by atoms with E-state index < -0.39 is 0 Å². The zero-order valence-corrected chi connectivity index (χ0v) is 20.1. The second-order valence-corrected chi connectivity index (χ2v) is 8.61. The Kier molecular flexibility index (Phi) is 8.06. The second kappa shape index (κ2) is 11.6. The number of amides is 1. The van der Waals surface area contributed by atoms with Crippen LogP contribution in [0.4, 0.5) is 11.4 Å². The number of para-hydroxylation sites is 1. The van der Waals surface area contributed by atoms with Crippen molar-refractivity contribution < 1.29 is 9.53 Å². The molecule has 0 fully saturated rings. The lowest BCUT2D eigenvalue weighted by Crippen LogP contribution is -2.15. The summed E-state index contributed by atoms with van der Waals surface area (Å²) in [6.07, 6.45) is 0. The minimum absolute atomic E-state index is 0.129. The quantitative estimate of drug-likeness (QED) is 0.277. The Morgan fingerprint density at radius 2 is 1.79 bits per heavy atom. The summed E-state index contributed by atoms with van der Waals surface area (Å²) in [7, 11) is 0. The third kappa shape index (κ3) is 6.30. The summed E-state index contributed by atoms with van der Waals surface area (Å²) >= 11 is 7.42. The van der Waals surface area contributed by atoms with Gasteiger partial charge in [-0.15, -0.1) is 10.2 Å². The molecule has 174 valence electrons. The Balaban J connectivity index is 1.45. The van der Waals surface area contributed by atoms with Gasteiger partial charge in [-0.25, -0.2) is 0 Å². The standard InChI is InChI=1S/C25H24ClN5O2S/c1-2-33-22-13-11-19(12-14-22)28-24(32)17-34-25-30-29-23(31(25)21-9-4-3-5-10-21)16-27-20-8-6-7-18(26)15-20/h3-15,27H,2,16-17H2,1H3,(H,28,32). The fourth-order valence-corrected chi connectivity index (χ4v) is 4.21. The van der Waals surface area contributed by atoms with E-state index in [0.29, 0.717) is 29.0 Å². The molecule has 0 atom stereocenters. The predicted octanol–water partition coefficient (Wildman–Crippen LogP) is 5.66. The molecule has 0 saturated heterocycles. The van der Waals surface area contributed by atoms with Crippen molar-refractivity contribution in [2.45, 2.75) is 18.6 Å². The first kappa shape index (κ1) is 23.7. The predicted molar refractivity (Wildman–Crippen MR) is 137 cm³/mol. The number of thioether (sulfide) groups is 1. The minimum Gasteiger partial charge on any atom is -0.494 e. The topological polar surface area (TPSA) is 81.1 Å². The van der Waals surface area contributed by atoms with Crippen LogP contribution in [-0.2, 0) is 11.3 Å². The van der Waals surface area contributed by atoms with Gasteiger partial charge in [0, 0.05) is 22.1 Å². The Morgan fingerprint density at radius 3 is 2.53 bits per heavy atom. The Morgan fingerprint density at radius 1 is 1.00 bits per heavy atom. The van der Waals surface area contributed by atoms with E-state index in [1.807, 2.05) is 90.4 Å². The molecule has 0 saturated carbocycles. The first-order valence-electron chi connectivity index (χ1n) is 10.8. The van der Waals surface area contributed by atoms with E-state index in [2.05, 4.69) is 20.8 Å². The minimum atomic E-state index is -0.129. The van der Waals surface area contributed by atoms with E-state index in [1.54, 1.807) is 0 Å². The fourth-order valence-electron chi connectivity index (χ4n) is 3.25. The molecule has 2 N–H and O–H groups in total. The van der Waals surface area contributed by atoms with Gasteiger partial charge in [-0.2, -0.15) is 0 Å². The molecule has 0 unspecified atom stereocenters. The van der Waals surface area contributed by atoms with Crippen LogP contribution < -0.4 is 15.4 Å². The van der Waals surface area contributed by atoms with Gasteiger partial charge >= 0.3 is 0 Å². The highest BCUT2D eigenvalue weighted by Gasteiger charge is 2.16. The number of carbonyl (C=O) groups is 1. The molecule has 7 nitrogen and oxygen atoms in total. The SMILES string of the molecule is CCOc1ccc(NC(=O)CSc2nnc(CNc3cccc(Cl)c3)n2-c2ccccc2)cc1. The van der Waals surface area contributed by atoms with E-state index in [9.17, 15) is 4.79 Å². The summed E-state index contributed by atoms with van der Waals surface area (Å²) in [5.74, 6) is 1.56. The third-order valence-electron chi connectivity index (χ3n) is 4.77. The average Bonchev–Trinajstić information content (AvgIpc) is 3.26. The second-order valence-electron chi connectivity index (χ2n) is 7.23. The van der Waals surface area contributed by atoms with Crippen molar-refractivity contribution in [3.8, 4) is 11.4 Å². The molecule has 1 aromatic heterocycles. The van der Waals surface area contributed by atoms with E-state index >= 15 is 0 Å². The van der Waals surface area contributed by atoms with Crippen molar-refractivity contribution in [1.82, 2.24) is 14.8 Å². The number of aromatic nitrogens is 3. The van der Waals surface area contributed by atoms with Crippen LogP contribution in [0.2, 0.25) is 5.02 Å². The van der Waals surface area contributed by atoms with Crippen molar-refractivity contribution in [2.75, 3.05) is 23.0 Å². The van der Waals surface area contributed by atoms with Crippen LogP contribution in [0.15, 0.2) is 84.0 Å². The first-order chi connectivity index (χ1) is 16.6. The molecule has 1 amide bonds. The van der Waals surface area contributed by atoms with Gasteiger partial charge in [-0.3, -0.25) is 9.36 Å². The molecule has 34 heavy (non-hydrogen) atoms. The zero-order valence-electron chi connectivity index (χ0n) is 18.6. The summed E-state index contributed by atoms with van der Waals surface area (Å²) in [6.45, 7) is 2.97. The monoisotopic (exact) mass is 493 g/mol. The Labute approximate surface area is 207 Å². The first-order valence-corrected chi connectivity index (χ1v) is 12.1. The number of rotatable bonds is 10. The maximum absolute atomic E-state index is 12.5. The summed E-state index contributed by atoms with van der Waals surface area (Å²) in [4.78, 5) is 12.5. The van der Waals surface area contributed by atoms with Crippen molar-refractivity contribution in [3.05, 3.63) is 89.7 Å². The van der Waals surface area contributed by atoms with Crippen LogP contribution in [-0.4, -0.2) is 33.0 Å². The maximum atomic E-state index is 12.5. The normalized spacial score (nSPS) is 10.6. The van der Waals surface area contributed by atoms with Gasteiger partial charge in [-0.05, 0) is 61.5 Å². The molecular formula is C25H24ClN5O2S. The largest absolute Gasteiger partial charge is 0.494 e. The fraction of sp³-hybridized carbons (Fsp3) is 0.160. The number of hydrogen-bond acceptors (Lipinski definition) is 6. The Bertz CT molecular complexity index is 1230. The van der Waals surface area contributed by atoms with Gasteiger partial charge in [0.05, 0.1) is 18.9 Å². The average molecular weight is 494 g/mol. The molecule has 0 aliphatic rings. The molecule has 4 rings (SSSR count). The van der Waals surface area contributed by atoms with Crippen molar-refractivity contribution in [1.29, 1.82) is 0 Å². The van der Waals surface area contributed by atoms with E-state index in [4.69, 9.17) is 16.3 Å². The van der Waals surface area contributed by atoms with Crippen LogP contribution >= 0.6 is 23.4 Å². The molecular weight excluding hydrogens is 470 g/mol. The van der Waals surface area contributed by atoms with E-state index in [-0.39, 0.29) is 11.7 Å². The van der Waals surface area contributed by atoms with Crippen molar-refractivity contribution in [3.63, 3.8) is 0 Å².